The first-order valence-electron chi connectivity index (χ1n) is 4.69. The van der Waals surface area contributed by atoms with Crippen molar-refractivity contribution in [2.24, 2.45) is 0 Å². The summed E-state index contributed by atoms with van der Waals surface area (Å²) in [5, 5.41) is 1.69. The molecule has 6 heteroatoms. The lowest BCUT2D eigenvalue weighted by molar-refractivity contribution is 0.416. The highest BCUT2D eigenvalue weighted by molar-refractivity contribution is 8.14. The number of rotatable bonds is 3. The molecule has 0 aliphatic heterocycles. The lowest BCUT2D eigenvalue weighted by atomic mass is 10.1. The van der Waals surface area contributed by atoms with Gasteiger partial charge in [-0.05, 0) is 23.6 Å². The molecular weight excluding hydrogens is 280 g/mol. The van der Waals surface area contributed by atoms with E-state index in [0.29, 0.717) is 10.6 Å². The van der Waals surface area contributed by atoms with Gasteiger partial charge in [0.2, 0.25) is 0 Å². The fourth-order valence-electron chi connectivity index (χ4n) is 1.52. The predicted octanol–water partition coefficient (Wildman–Crippen LogP) is 3.35. The molecule has 0 N–H and O–H groups in total. The first-order valence-corrected chi connectivity index (χ1v) is 7.88. The molecule has 0 aliphatic carbocycles. The second-order valence-corrected chi connectivity index (χ2v) is 6.70. The van der Waals surface area contributed by atoms with Gasteiger partial charge in [0.15, 0.2) is 0 Å². The van der Waals surface area contributed by atoms with E-state index in [4.69, 9.17) is 15.4 Å². The third kappa shape index (κ3) is 2.46. The Bertz CT molecular complexity index is 632. The van der Waals surface area contributed by atoms with Gasteiger partial charge in [-0.15, -0.1) is 11.3 Å². The zero-order valence-corrected chi connectivity index (χ0v) is 11.3. The molecule has 0 bridgehead atoms. The molecule has 2 aromatic rings. The van der Waals surface area contributed by atoms with Crippen molar-refractivity contribution in [2.75, 3.05) is 7.11 Å². The minimum absolute atomic E-state index is 0.119. The summed E-state index contributed by atoms with van der Waals surface area (Å²) in [7, 11) is 3.20. The lowest BCUT2D eigenvalue weighted by Crippen LogP contribution is -1.92. The van der Waals surface area contributed by atoms with Gasteiger partial charge in [-0.2, -0.15) is 0 Å². The van der Waals surface area contributed by atoms with Gasteiger partial charge in [-0.3, -0.25) is 0 Å². The molecule has 0 fully saturated rings. The summed E-state index contributed by atoms with van der Waals surface area (Å²) in [5.41, 5.74) is 0.726. The molecule has 0 aliphatic rings. The predicted molar refractivity (Wildman–Crippen MR) is 69.3 cm³/mol. The maximum Gasteiger partial charge on any atom is 0.262 e. The van der Waals surface area contributed by atoms with Crippen molar-refractivity contribution < 1.29 is 13.2 Å². The zero-order valence-electron chi connectivity index (χ0n) is 8.88. The number of benzene rings is 1. The van der Waals surface area contributed by atoms with Crippen LogP contribution in [0.2, 0.25) is 0 Å². The number of thiophene rings is 1. The molecule has 0 saturated carbocycles. The maximum atomic E-state index is 11.4. The summed E-state index contributed by atoms with van der Waals surface area (Å²) in [6.07, 6.45) is 0. The van der Waals surface area contributed by atoms with E-state index in [1.54, 1.807) is 24.6 Å². The van der Waals surface area contributed by atoms with Crippen LogP contribution in [0.15, 0.2) is 40.6 Å². The zero-order chi connectivity index (χ0) is 12.5. The highest BCUT2D eigenvalue weighted by Crippen LogP contribution is 2.39. The van der Waals surface area contributed by atoms with Crippen molar-refractivity contribution in [3.05, 3.63) is 35.7 Å². The molecule has 0 atom stereocenters. The van der Waals surface area contributed by atoms with Crippen molar-refractivity contribution in [1.82, 2.24) is 0 Å². The fraction of sp³-hybridized carbons (Fsp3) is 0.0909. The summed E-state index contributed by atoms with van der Waals surface area (Å²) in [5.74, 6) is 0.622. The third-order valence-electron chi connectivity index (χ3n) is 2.24. The number of para-hydroxylation sites is 1. The van der Waals surface area contributed by atoms with Crippen LogP contribution in [0, 0.1) is 0 Å². The molecule has 1 heterocycles. The summed E-state index contributed by atoms with van der Waals surface area (Å²) in [4.78, 5) is 0.714. The second-order valence-electron chi connectivity index (χ2n) is 3.25. The van der Waals surface area contributed by atoms with E-state index in [1.807, 2.05) is 12.1 Å². The standard InChI is InChI=1S/C11H9ClO3S2/c1-15-9-5-3-2-4-8(9)11-10(6-7-16-11)17(12,13)14/h2-7H,1H3. The highest BCUT2D eigenvalue weighted by atomic mass is 35.7. The van der Waals surface area contributed by atoms with Crippen LogP contribution in [0.4, 0.5) is 0 Å². The van der Waals surface area contributed by atoms with Crippen LogP contribution in [0.3, 0.4) is 0 Å². The van der Waals surface area contributed by atoms with E-state index in [0.717, 1.165) is 5.56 Å². The lowest BCUT2D eigenvalue weighted by Gasteiger charge is -2.07. The fourth-order valence-corrected chi connectivity index (χ4v) is 3.98. The van der Waals surface area contributed by atoms with Gasteiger partial charge in [0.1, 0.15) is 10.6 Å². The first-order chi connectivity index (χ1) is 8.04. The monoisotopic (exact) mass is 288 g/mol. The summed E-state index contributed by atoms with van der Waals surface area (Å²) >= 11 is 1.32. The van der Waals surface area contributed by atoms with E-state index in [2.05, 4.69) is 0 Å². The van der Waals surface area contributed by atoms with E-state index >= 15 is 0 Å². The number of methoxy groups -OCH3 is 1. The topological polar surface area (TPSA) is 43.4 Å². The van der Waals surface area contributed by atoms with Crippen LogP contribution in [-0.4, -0.2) is 15.5 Å². The molecular formula is C11H9ClO3S2. The Hall–Kier alpha value is -1.04. The van der Waals surface area contributed by atoms with E-state index in [1.165, 1.54) is 17.4 Å². The minimum atomic E-state index is -3.74. The van der Waals surface area contributed by atoms with Gasteiger partial charge < -0.3 is 4.74 Å². The van der Waals surface area contributed by atoms with Crippen LogP contribution < -0.4 is 4.74 Å². The average Bonchev–Trinajstić information content (AvgIpc) is 2.77. The summed E-state index contributed by atoms with van der Waals surface area (Å²) < 4.78 is 28.0. The Kier molecular flexibility index (Phi) is 3.42. The summed E-state index contributed by atoms with van der Waals surface area (Å²) in [6, 6.07) is 8.72. The molecule has 17 heavy (non-hydrogen) atoms. The molecule has 0 spiro atoms. The number of hydrogen-bond acceptors (Lipinski definition) is 4. The first kappa shape index (κ1) is 12.4. The van der Waals surface area contributed by atoms with Crippen LogP contribution in [0.25, 0.3) is 10.4 Å². The Morgan fingerprint density at radius 1 is 1.24 bits per heavy atom. The van der Waals surface area contributed by atoms with Gasteiger partial charge in [0.05, 0.1) is 12.0 Å². The third-order valence-corrected chi connectivity index (χ3v) is 4.68. The highest BCUT2D eigenvalue weighted by Gasteiger charge is 2.20. The Balaban J connectivity index is 2.66. The van der Waals surface area contributed by atoms with Crippen molar-refractivity contribution in [1.29, 1.82) is 0 Å². The molecule has 0 amide bonds. The van der Waals surface area contributed by atoms with E-state index in [-0.39, 0.29) is 4.90 Å². The average molecular weight is 289 g/mol. The van der Waals surface area contributed by atoms with Crippen LogP contribution in [0.5, 0.6) is 5.75 Å². The van der Waals surface area contributed by atoms with Gasteiger partial charge >= 0.3 is 0 Å². The maximum absolute atomic E-state index is 11.4. The Labute approximate surface area is 108 Å². The van der Waals surface area contributed by atoms with Gasteiger partial charge in [-0.1, -0.05) is 12.1 Å². The number of ether oxygens (including phenoxy) is 1. The molecule has 0 saturated heterocycles. The normalized spacial score (nSPS) is 11.4. The van der Waals surface area contributed by atoms with Crippen molar-refractivity contribution in [3.63, 3.8) is 0 Å². The second kappa shape index (κ2) is 4.68. The smallest absolute Gasteiger partial charge is 0.262 e. The van der Waals surface area contributed by atoms with Crippen LogP contribution in [-0.2, 0) is 9.05 Å². The molecule has 1 aromatic carbocycles. The Morgan fingerprint density at radius 3 is 2.59 bits per heavy atom. The van der Waals surface area contributed by atoms with Gasteiger partial charge in [-0.25, -0.2) is 8.42 Å². The van der Waals surface area contributed by atoms with Crippen molar-refractivity contribution in [2.45, 2.75) is 4.90 Å². The Morgan fingerprint density at radius 2 is 1.94 bits per heavy atom. The number of halogens is 1. The molecule has 1 aromatic heterocycles. The van der Waals surface area contributed by atoms with Gasteiger partial charge in [0, 0.05) is 16.2 Å². The largest absolute Gasteiger partial charge is 0.496 e. The summed E-state index contributed by atoms with van der Waals surface area (Å²) in [6.45, 7) is 0. The van der Waals surface area contributed by atoms with Crippen LogP contribution in [0.1, 0.15) is 0 Å². The SMILES string of the molecule is COc1ccccc1-c1sccc1S(=O)(=O)Cl. The van der Waals surface area contributed by atoms with Crippen molar-refractivity contribution in [3.8, 4) is 16.2 Å². The van der Waals surface area contributed by atoms with Crippen molar-refractivity contribution >= 4 is 31.1 Å². The molecule has 2 rings (SSSR count). The molecule has 0 radical (unpaired) electrons. The quantitative estimate of drug-likeness (QED) is 0.814. The van der Waals surface area contributed by atoms with Crippen LogP contribution >= 0.6 is 22.0 Å². The van der Waals surface area contributed by atoms with E-state index < -0.39 is 9.05 Å². The molecule has 3 nitrogen and oxygen atoms in total. The van der Waals surface area contributed by atoms with E-state index in [9.17, 15) is 8.42 Å². The minimum Gasteiger partial charge on any atom is -0.496 e. The van der Waals surface area contributed by atoms with Gasteiger partial charge in [0.25, 0.3) is 9.05 Å². The molecule has 0 unspecified atom stereocenters. The molecule has 90 valence electrons. The number of hydrogen-bond donors (Lipinski definition) is 0.